The molecule has 25 heavy (non-hydrogen) atoms. The van der Waals surface area contributed by atoms with Gasteiger partial charge >= 0.3 is 0 Å². The van der Waals surface area contributed by atoms with E-state index in [-0.39, 0.29) is 24.1 Å². The number of aryl methyl sites for hydroxylation is 1. The first-order valence-electron chi connectivity index (χ1n) is 9.41. The molecule has 6 nitrogen and oxygen atoms in total. The van der Waals surface area contributed by atoms with E-state index in [4.69, 9.17) is 4.74 Å². The van der Waals surface area contributed by atoms with Crippen LogP contribution in [0.2, 0.25) is 0 Å². The quantitative estimate of drug-likeness (QED) is 0.866. The van der Waals surface area contributed by atoms with Crippen molar-refractivity contribution in [1.29, 1.82) is 0 Å². The Morgan fingerprint density at radius 1 is 1.32 bits per heavy atom. The summed E-state index contributed by atoms with van der Waals surface area (Å²) in [5, 5.41) is 13.4. The molecule has 2 bridgehead atoms. The van der Waals surface area contributed by atoms with Gasteiger partial charge in [0.25, 0.3) is 5.91 Å². The maximum Gasteiger partial charge on any atom is 0.267 e. The molecule has 1 aromatic rings. The number of hydrogen-bond acceptors (Lipinski definition) is 5. The number of hydrogen-bond donors (Lipinski definition) is 2. The maximum atomic E-state index is 13.6. The molecule has 2 N–H and O–H groups in total. The molecule has 0 aromatic carbocycles. The fraction of sp³-hybridized carbons (Fsp3) is 0.684. The molecular weight excluding hydrogens is 318 g/mol. The van der Waals surface area contributed by atoms with Gasteiger partial charge in [-0.15, -0.1) is 0 Å². The average Bonchev–Trinajstić information content (AvgIpc) is 2.88. The Balaban J connectivity index is 1.63. The molecule has 3 aliphatic heterocycles. The third-order valence-corrected chi connectivity index (χ3v) is 6.01. The van der Waals surface area contributed by atoms with Crippen LogP contribution in [-0.4, -0.2) is 57.8 Å². The van der Waals surface area contributed by atoms with Gasteiger partial charge in [-0.1, -0.05) is 0 Å². The number of nitrogens with zero attached hydrogens (tertiary/aromatic N) is 2. The van der Waals surface area contributed by atoms with Crippen LogP contribution in [0.5, 0.6) is 5.75 Å². The zero-order chi connectivity index (χ0) is 17.4. The minimum absolute atomic E-state index is 0.108. The first kappa shape index (κ1) is 16.8. The molecule has 3 aliphatic rings. The number of rotatable bonds is 3. The van der Waals surface area contributed by atoms with Crippen LogP contribution >= 0.6 is 0 Å². The number of nitrogens with one attached hydrogen (secondary N) is 1. The summed E-state index contributed by atoms with van der Waals surface area (Å²) in [6.07, 6.45) is 6.18. The summed E-state index contributed by atoms with van der Waals surface area (Å²) >= 11 is 0. The summed E-state index contributed by atoms with van der Waals surface area (Å²) in [6.45, 7) is 3.46. The molecule has 4 heterocycles. The fourth-order valence-corrected chi connectivity index (χ4v) is 4.69. The Morgan fingerprint density at radius 3 is 2.64 bits per heavy atom. The summed E-state index contributed by atoms with van der Waals surface area (Å²) in [4.78, 5) is 20.0. The van der Waals surface area contributed by atoms with Crippen LogP contribution in [0.4, 0.5) is 0 Å². The maximum absolute atomic E-state index is 13.6. The molecule has 1 amide bonds. The molecule has 136 valence electrons. The highest BCUT2D eigenvalue weighted by atomic mass is 16.5. The molecule has 3 fully saturated rings. The Morgan fingerprint density at radius 2 is 2.00 bits per heavy atom. The Kier molecular flexibility index (Phi) is 4.41. The van der Waals surface area contributed by atoms with E-state index in [1.54, 1.807) is 6.20 Å². The van der Waals surface area contributed by atoms with E-state index in [0.717, 1.165) is 31.6 Å². The van der Waals surface area contributed by atoms with Crippen molar-refractivity contribution >= 4 is 5.91 Å². The van der Waals surface area contributed by atoms with Crippen LogP contribution in [-0.2, 0) is 4.79 Å². The summed E-state index contributed by atoms with van der Waals surface area (Å²) in [5.41, 5.74) is -0.00687. The van der Waals surface area contributed by atoms with Crippen molar-refractivity contribution in [3.63, 3.8) is 0 Å². The number of carbonyl (C=O) groups is 1. The van der Waals surface area contributed by atoms with Gasteiger partial charge in [-0.3, -0.25) is 9.78 Å². The molecule has 1 unspecified atom stereocenters. The van der Waals surface area contributed by atoms with Crippen molar-refractivity contribution in [2.75, 3.05) is 13.1 Å². The van der Waals surface area contributed by atoms with Crippen LogP contribution < -0.4 is 10.1 Å². The van der Waals surface area contributed by atoms with E-state index in [9.17, 15) is 9.90 Å². The van der Waals surface area contributed by atoms with Gasteiger partial charge in [0.15, 0.2) is 5.60 Å². The van der Waals surface area contributed by atoms with Gasteiger partial charge in [0.2, 0.25) is 0 Å². The number of aliphatic hydroxyl groups excluding tert-OH is 1. The predicted octanol–water partition coefficient (Wildman–Crippen LogP) is 1.41. The standard InChI is InChI=1S/C19H27N3O3/c1-13-17(3-2-8-21-13)25-19(6-9-20-10-7-19)18(24)22-14-4-5-15(22)12-16(23)11-14/h2-3,8,14-16,20,23H,4-7,9-12H2,1H3/t14-,15+,16?. The number of fused-ring (bicyclic) bond motifs is 2. The summed E-state index contributed by atoms with van der Waals surface area (Å²) in [5.74, 6) is 0.804. The molecule has 3 atom stereocenters. The lowest BCUT2D eigenvalue weighted by atomic mass is 9.88. The third kappa shape index (κ3) is 3.02. The fourth-order valence-electron chi connectivity index (χ4n) is 4.69. The minimum atomic E-state index is -0.817. The molecule has 0 radical (unpaired) electrons. The van der Waals surface area contributed by atoms with E-state index >= 15 is 0 Å². The van der Waals surface area contributed by atoms with E-state index in [1.807, 2.05) is 24.0 Å². The Hall–Kier alpha value is -1.66. The topological polar surface area (TPSA) is 74.7 Å². The van der Waals surface area contributed by atoms with Gasteiger partial charge in [-0.2, -0.15) is 0 Å². The van der Waals surface area contributed by atoms with Crippen molar-refractivity contribution < 1.29 is 14.6 Å². The second kappa shape index (κ2) is 6.57. The van der Waals surface area contributed by atoms with Gasteiger partial charge in [0.1, 0.15) is 5.75 Å². The lowest BCUT2D eigenvalue weighted by Gasteiger charge is -2.45. The molecule has 3 saturated heterocycles. The van der Waals surface area contributed by atoms with Crippen LogP contribution in [0, 0.1) is 6.92 Å². The summed E-state index contributed by atoms with van der Waals surface area (Å²) in [6, 6.07) is 4.06. The van der Waals surface area contributed by atoms with Crippen LogP contribution in [0.3, 0.4) is 0 Å². The van der Waals surface area contributed by atoms with Gasteiger partial charge < -0.3 is 20.1 Å². The molecule has 6 heteroatoms. The van der Waals surface area contributed by atoms with Crippen molar-refractivity contribution in [2.24, 2.45) is 0 Å². The van der Waals surface area contributed by atoms with E-state index in [1.165, 1.54) is 0 Å². The first-order valence-corrected chi connectivity index (χ1v) is 9.41. The smallest absolute Gasteiger partial charge is 0.267 e. The van der Waals surface area contributed by atoms with Crippen molar-refractivity contribution in [3.05, 3.63) is 24.0 Å². The number of pyridine rings is 1. The number of amides is 1. The number of piperidine rings is 2. The van der Waals surface area contributed by atoms with Crippen LogP contribution in [0.15, 0.2) is 18.3 Å². The normalized spacial score (nSPS) is 31.0. The van der Waals surface area contributed by atoms with Crippen molar-refractivity contribution in [3.8, 4) is 5.75 Å². The highest BCUT2D eigenvalue weighted by Crippen LogP contribution is 2.40. The molecular formula is C19H27N3O3. The average molecular weight is 345 g/mol. The van der Waals surface area contributed by atoms with E-state index in [0.29, 0.717) is 31.4 Å². The summed E-state index contributed by atoms with van der Waals surface area (Å²) in [7, 11) is 0. The number of ether oxygens (including phenoxy) is 1. The number of aliphatic hydroxyl groups is 1. The third-order valence-electron chi connectivity index (χ3n) is 6.01. The SMILES string of the molecule is Cc1ncccc1OC1(C(=O)N2[C@@H]3CC[C@H]2CC(O)C3)CCNCC1. The molecule has 0 spiro atoms. The number of carbonyl (C=O) groups excluding carboxylic acids is 1. The highest BCUT2D eigenvalue weighted by Gasteiger charge is 2.51. The van der Waals surface area contributed by atoms with Gasteiger partial charge in [-0.05, 0) is 57.8 Å². The monoisotopic (exact) mass is 345 g/mol. The van der Waals surface area contributed by atoms with E-state index < -0.39 is 5.60 Å². The zero-order valence-corrected chi connectivity index (χ0v) is 14.8. The minimum Gasteiger partial charge on any atom is -0.475 e. The lowest BCUT2D eigenvalue weighted by molar-refractivity contribution is -0.157. The first-order chi connectivity index (χ1) is 12.1. The molecule has 0 aliphatic carbocycles. The van der Waals surface area contributed by atoms with Crippen LogP contribution in [0.25, 0.3) is 0 Å². The Labute approximate surface area is 148 Å². The van der Waals surface area contributed by atoms with Crippen molar-refractivity contribution in [1.82, 2.24) is 15.2 Å². The molecule has 4 rings (SSSR count). The van der Waals surface area contributed by atoms with Gasteiger partial charge in [-0.25, -0.2) is 0 Å². The van der Waals surface area contributed by atoms with E-state index in [2.05, 4.69) is 10.3 Å². The predicted molar refractivity (Wildman–Crippen MR) is 93.3 cm³/mol. The molecule has 1 aromatic heterocycles. The second-order valence-electron chi connectivity index (χ2n) is 7.66. The lowest BCUT2D eigenvalue weighted by Crippen LogP contribution is -2.61. The van der Waals surface area contributed by atoms with Gasteiger partial charge in [0.05, 0.1) is 11.8 Å². The molecule has 0 saturated carbocycles. The van der Waals surface area contributed by atoms with Crippen molar-refractivity contribution in [2.45, 2.75) is 69.2 Å². The largest absolute Gasteiger partial charge is 0.475 e. The Bertz CT molecular complexity index is 631. The number of aromatic nitrogens is 1. The highest BCUT2D eigenvalue weighted by molar-refractivity contribution is 5.87. The second-order valence-corrected chi connectivity index (χ2v) is 7.66. The van der Waals surface area contributed by atoms with Gasteiger partial charge in [0, 0.05) is 31.1 Å². The zero-order valence-electron chi connectivity index (χ0n) is 14.8. The summed E-state index contributed by atoms with van der Waals surface area (Å²) < 4.78 is 6.38. The van der Waals surface area contributed by atoms with Crippen LogP contribution in [0.1, 0.15) is 44.2 Å².